The Morgan fingerprint density at radius 1 is 0.948 bits per heavy atom. The molecule has 2 aromatic heterocycles. The highest BCUT2D eigenvalue weighted by Crippen LogP contribution is 2.33. The zero-order valence-electron chi connectivity index (χ0n) is 31.7. The van der Waals surface area contributed by atoms with Gasteiger partial charge in [-0.2, -0.15) is 0 Å². The lowest BCUT2D eigenvalue weighted by Crippen LogP contribution is -2.60. The van der Waals surface area contributed by atoms with Crippen LogP contribution in [0.1, 0.15) is 64.4 Å². The maximum Gasteiger partial charge on any atom is 0.264 e. The van der Waals surface area contributed by atoms with Gasteiger partial charge in [-0.1, -0.05) is 29.8 Å². The Bertz CT molecular complexity index is 2270. The van der Waals surface area contributed by atoms with Gasteiger partial charge >= 0.3 is 0 Å². The van der Waals surface area contributed by atoms with Crippen LogP contribution in [0.2, 0.25) is 5.02 Å². The van der Waals surface area contributed by atoms with Crippen LogP contribution in [0.25, 0.3) is 11.0 Å². The molecule has 6 N–H and O–H groups in total. The molecule has 3 fully saturated rings. The van der Waals surface area contributed by atoms with Crippen LogP contribution in [0.15, 0.2) is 61.1 Å². The van der Waals surface area contributed by atoms with Crippen molar-refractivity contribution in [2.24, 2.45) is 5.73 Å². The zero-order valence-corrected chi connectivity index (χ0v) is 32.5. The first-order valence-corrected chi connectivity index (χ1v) is 19.8. The number of imide groups is 2. The van der Waals surface area contributed by atoms with E-state index in [0.717, 1.165) is 27.3 Å². The van der Waals surface area contributed by atoms with E-state index in [2.05, 4.69) is 40.7 Å². The number of aromatic amines is 1. The quantitative estimate of drug-likeness (QED) is 0.137. The Morgan fingerprint density at radius 3 is 2.45 bits per heavy atom. The highest BCUT2D eigenvalue weighted by Gasteiger charge is 2.46. The topological polar surface area (TPSA) is 219 Å². The van der Waals surface area contributed by atoms with Crippen molar-refractivity contribution >= 4 is 69.6 Å². The van der Waals surface area contributed by atoms with Crippen LogP contribution in [-0.4, -0.2) is 129 Å². The number of piperidine rings is 2. The number of hydrogen-bond acceptors (Lipinski definition) is 12. The average Bonchev–Trinajstić information content (AvgIpc) is 3.81. The molecule has 6 heterocycles. The second kappa shape index (κ2) is 16.2. The summed E-state index contributed by atoms with van der Waals surface area (Å²) in [5.41, 5.74) is 7.99. The standard InChI is InChI=1S/C40H44ClN11O6/c41-25-6-4-24(5-7-25)28(47-39(58)40(42)12-16-51(17-13-40)35-27-10-14-43-34(27)45-23-46-35)11-15-49-18-20-50(21-19-49)32(54)22-44-29-3-1-2-26-33(29)38(57)52(37(26)56)30-8-9-31(53)48-36(30)55/h1-7,10,14,23,28,30,44H,8-9,11-13,15-22,42H2,(H,47,58)(H,43,45,46)(H,48,53,55). The molecule has 302 valence electrons. The second-order valence-corrected chi connectivity index (χ2v) is 15.6. The Balaban J connectivity index is 0.841. The fourth-order valence-electron chi connectivity index (χ4n) is 8.25. The van der Waals surface area contributed by atoms with Crippen LogP contribution in [0.3, 0.4) is 0 Å². The lowest BCUT2D eigenvalue weighted by atomic mass is 9.87. The highest BCUT2D eigenvalue weighted by molar-refractivity contribution is 6.30. The van der Waals surface area contributed by atoms with Gasteiger partial charge in [0, 0.05) is 69.1 Å². The molecular weight excluding hydrogens is 766 g/mol. The van der Waals surface area contributed by atoms with Crippen molar-refractivity contribution in [3.63, 3.8) is 0 Å². The Kier molecular flexibility index (Phi) is 10.8. The average molecular weight is 810 g/mol. The molecule has 2 atom stereocenters. The zero-order chi connectivity index (χ0) is 40.6. The monoisotopic (exact) mass is 809 g/mol. The Morgan fingerprint density at radius 2 is 1.71 bits per heavy atom. The minimum absolute atomic E-state index is 0.0231. The maximum absolute atomic E-state index is 13.9. The number of hydrogen-bond donors (Lipinski definition) is 5. The molecular formula is C40H44ClN11O6. The van der Waals surface area contributed by atoms with Gasteiger partial charge in [-0.15, -0.1) is 0 Å². The van der Waals surface area contributed by atoms with E-state index in [-0.39, 0.29) is 48.4 Å². The molecule has 3 saturated heterocycles. The van der Waals surface area contributed by atoms with Gasteiger partial charge in [0.1, 0.15) is 23.8 Å². The Hall–Kier alpha value is -5.91. The van der Waals surface area contributed by atoms with Crippen molar-refractivity contribution < 1.29 is 28.8 Å². The van der Waals surface area contributed by atoms with Gasteiger partial charge in [0.15, 0.2) is 0 Å². The van der Waals surface area contributed by atoms with E-state index >= 15 is 0 Å². The van der Waals surface area contributed by atoms with E-state index in [0.29, 0.717) is 75.8 Å². The fraction of sp³-hybridized carbons (Fsp3) is 0.400. The smallest absolute Gasteiger partial charge is 0.264 e. The first kappa shape index (κ1) is 38.9. The molecule has 6 amide bonds. The molecule has 0 saturated carbocycles. The normalized spacial score (nSPS) is 20.2. The van der Waals surface area contributed by atoms with Crippen molar-refractivity contribution in [3.8, 4) is 0 Å². The van der Waals surface area contributed by atoms with E-state index in [1.807, 2.05) is 24.4 Å². The SMILES string of the molecule is NC1(C(=O)NC(CCN2CCN(C(=O)CNc3cccc4c3C(=O)N(C3CCC(=O)NC3=O)C4=O)CC2)c2ccc(Cl)cc2)CCN(c2ncnc3[nH]ccc23)CC1. The number of benzene rings is 2. The van der Waals surface area contributed by atoms with Gasteiger partial charge in [0.25, 0.3) is 11.8 Å². The summed E-state index contributed by atoms with van der Waals surface area (Å²) in [5.74, 6) is -1.94. The largest absolute Gasteiger partial charge is 0.375 e. The van der Waals surface area contributed by atoms with E-state index in [9.17, 15) is 28.8 Å². The number of aromatic nitrogens is 3. The van der Waals surface area contributed by atoms with Gasteiger partial charge < -0.3 is 31.2 Å². The number of piperazine rings is 1. The lowest BCUT2D eigenvalue weighted by molar-refractivity contribution is -0.136. The van der Waals surface area contributed by atoms with Gasteiger partial charge in [0.05, 0.1) is 34.6 Å². The van der Waals surface area contributed by atoms with Gasteiger partial charge in [0.2, 0.25) is 23.6 Å². The summed E-state index contributed by atoms with van der Waals surface area (Å²) in [7, 11) is 0. The molecule has 0 bridgehead atoms. The van der Waals surface area contributed by atoms with E-state index < -0.39 is 35.2 Å². The molecule has 58 heavy (non-hydrogen) atoms. The van der Waals surface area contributed by atoms with Crippen LogP contribution in [0, 0.1) is 0 Å². The molecule has 18 heteroatoms. The summed E-state index contributed by atoms with van der Waals surface area (Å²) < 4.78 is 0. The third kappa shape index (κ3) is 7.71. The van der Waals surface area contributed by atoms with Gasteiger partial charge in [-0.05, 0) is 61.6 Å². The molecule has 2 unspecified atom stereocenters. The van der Waals surface area contributed by atoms with Crippen molar-refractivity contribution in [2.45, 2.75) is 49.7 Å². The molecule has 0 spiro atoms. The second-order valence-electron chi connectivity index (χ2n) is 15.2. The first-order valence-electron chi connectivity index (χ1n) is 19.5. The summed E-state index contributed by atoms with van der Waals surface area (Å²) in [6.45, 7) is 3.90. The number of H-pyrrole nitrogens is 1. The number of nitrogens with one attached hydrogen (secondary N) is 4. The summed E-state index contributed by atoms with van der Waals surface area (Å²) in [5, 5.41) is 10.0. The van der Waals surface area contributed by atoms with Crippen LogP contribution in [0.4, 0.5) is 11.5 Å². The van der Waals surface area contributed by atoms with Crippen LogP contribution in [-0.2, 0) is 19.2 Å². The minimum Gasteiger partial charge on any atom is -0.375 e. The molecule has 4 aromatic rings. The van der Waals surface area contributed by atoms with E-state index in [1.165, 1.54) is 12.4 Å². The van der Waals surface area contributed by atoms with Gasteiger partial charge in [-0.25, -0.2) is 9.97 Å². The molecule has 17 nitrogen and oxygen atoms in total. The lowest BCUT2D eigenvalue weighted by Gasteiger charge is -2.39. The fourth-order valence-corrected chi connectivity index (χ4v) is 8.38. The number of halogens is 1. The molecule has 2 aromatic carbocycles. The molecule has 4 aliphatic rings. The van der Waals surface area contributed by atoms with Crippen LogP contribution < -0.4 is 26.6 Å². The summed E-state index contributed by atoms with van der Waals surface area (Å²) in [4.78, 5) is 97.0. The number of nitrogens with two attached hydrogens (primary N) is 1. The number of nitrogens with zero attached hydrogens (tertiary/aromatic N) is 6. The van der Waals surface area contributed by atoms with Crippen LogP contribution in [0.5, 0.6) is 0 Å². The van der Waals surface area contributed by atoms with Gasteiger partial charge in [-0.3, -0.25) is 43.9 Å². The molecule has 0 aliphatic carbocycles. The van der Waals surface area contributed by atoms with Crippen molar-refractivity contribution in [2.75, 3.05) is 62.6 Å². The molecule has 8 rings (SSSR count). The number of anilines is 2. The molecule has 4 aliphatic heterocycles. The number of carbonyl (C=O) groups is 6. The Labute approximate surface area is 338 Å². The third-order valence-electron chi connectivity index (χ3n) is 11.7. The number of fused-ring (bicyclic) bond motifs is 2. The molecule has 0 radical (unpaired) electrons. The van der Waals surface area contributed by atoms with Crippen molar-refractivity contribution in [1.29, 1.82) is 0 Å². The summed E-state index contributed by atoms with van der Waals surface area (Å²) >= 11 is 6.21. The number of rotatable bonds is 11. The van der Waals surface area contributed by atoms with Crippen LogP contribution >= 0.6 is 11.6 Å². The third-order valence-corrected chi connectivity index (χ3v) is 11.9. The van der Waals surface area contributed by atoms with Crippen molar-refractivity contribution in [1.82, 2.24) is 40.3 Å². The minimum atomic E-state index is -1.08. The van der Waals surface area contributed by atoms with E-state index in [4.69, 9.17) is 17.3 Å². The number of amides is 6. The predicted molar refractivity (Wildman–Crippen MR) is 214 cm³/mol. The first-order chi connectivity index (χ1) is 28.0. The van der Waals surface area contributed by atoms with Crippen molar-refractivity contribution in [3.05, 3.63) is 82.8 Å². The number of carbonyl (C=O) groups excluding carboxylic acids is 6. The summed E-state index contributed by atoms with van der Waals surface area (Å²) in [6, 6.07) is 12.7. The van der Waals surface area contributed by atoms with E-state index in [1.54, 1.807) is 29.2 Å². The maximum atomic E-state index is 13.9. The predicted octanol–water partition coefficient (Wildman–Crippen LogP) is 1.81. The summed E-state index contributed by atoms with van der Waals surface area (Å²) in [6.07, 6.45) is 4.96. The highest BCUT2D eigenvalue weighted by atomic mass is 35.5.